The molecule has 1 unspecified atom stereocenters. The van der Waals surface area contributed by atoms with Crippen LogP contribution < -0.4 is 5.32 Å². The lowest BCUT2D eigenvalue weighted by molar-refractivity contribution is -0.384. The molecule has 1 aliphatic heterocycles. The molecule has 3 aromatic carbocycles. The Hall–Kier alpha value is -4.80. The van der Waals surface area contributed by atoms with Gasteiger partial charge in [-0.05, 0) is 78.2 Å². The van der Waals surface area contributed by atoms with E-state index in [4.69, 9.17) is 14.2 Å². The highest BCUT2D eigenvalue weighted by molar-refractivity contribution is 6.00. The van der Waals surface area contributed by atoms with Crippen LogP contribution in [0.4, 0.5) is 5.69 Å². The van der Waals surface area contributed by atoms with Crippen molar-refractivity contribution in [3.63, 3.8) is 0 Å². The number of hydrogen-bond donors (Lipinski definition) is 1. The van der Waals surface area contributed by atoms with E-state index in [-0.39, 0.29) is 22.8 Å². The first kappa shape index (κ1) is 39.6. The zero-order valence-corrected chi connectivity index (χ0v) is 30.5. The molecule has 268 valence electrons. The van der Waals surface area contributed by atoms with E-state index in [1.807, 2.05) is 46.9 Å². The van der Waals surface area contributed by atoms with Gasteiger partial charge in [-0.25, -0.2) is 9.59 Å². The summed E-state index contributed by atoms with van der Waals surface area (Å²) < 4.78 is 16.0. The van der Waals surface area contributed by atoms with Gasteiger partial charge >= 0.3 is 11.9 Å². The van der Waals surface area contributed by atoms with E-state index in [1.165, 1.54) is 36.4 Å². The fraction of sp³-hybridized carbons (Fsp3) is 0.400. The maximum absolute atomic E-state index is 14.0. The van der Waals surface area contributed by atoms with E-state index in [9.17, 15) is 19.7 Å². The highest BCUT2D eigenvalue weighted by Crippen LogP contribution is 2.40. The predicted octanol–water partition coefficient (Wildman–Crippen LogP) is 7.52. The van der Waals surface area contributed by atoms with Crippen molar-refractivity contribution in [1.29, 1.82) is 0 Å². The van der Waals surface area contributed by atoms with Crippen LogP contribution in [-0.2, 0) is 23.8 Å². The van der Waals surface area contributed by atoms with Gasteiger partial charge in [0.25, 0.3) is 5.69 Å². The molecule has 0 amide bonds. The molecule has 1 atom stereocenters. The molecule has 0 bridgehead atoms. The third-order valence-electron chi connectivity index (χ3n) is 8.43. The molecule has 0 saturated heterocycles. The average molecular weight is 686 g/mol. The smallest absolute Gasteiger partial charge is 0.337 e. The molecule has 0 fully saturated rings. The number of nitrogens with one attached hydrogen (secondary N) is 1. The molecule has 50 heavy (non-hydrogen) atoms. The molecular weight excluding hydrogens is 634 g/mol. The second-order valence-corrected chi connectivity index (χ2v) is 12.8. The molecule has 0 aromatic heterocycles. The Morgan fingerprint density at radius 2 is 1.42 bits per heavy atom. The number of carbonyl (C=O) groups excluding carboxylic acids is 2. The van der Waals surface area contributed by atoms with Crippen molar-refractivity contribution in [1.82, 2.24) is 10.2 Å². The van der Waals surface area contributed by atoms with Crippen molar-refractivity contribution in [2.45, 2.75) is 65.4 Å². The number of hydrogen-bond acceptors (Lipinski definition) is 9. The molecule has 0 radical (unpaired) electrons. The van der Waals surface area contributed by atoms with Crippen molar-refractivity contribution in [3.05, 3.63) is 134 Å². The number of non-ortho nitro benzene ring substituents is 1. The number of nitrogens with zero attached hydrogens (tertiary/aromatic N) is 2. The number of carbonyl (C=O) groups is 2. The highest BCUT2D eigenvalue weighted by atomic mass is 16.6. The summed E-state index contributed by atoms with van der Waals surface area (Å²) in [5.74, 6) is -1.96. The molecule has 0 saturated carbocycles. The van der Waals surface area contributed by atoms with E-state index in [0.717, 1.165) is 26.2 Å². The summed E-state index contributed by atoms with van der Waals surface area (Å²) in [6, 6.07) is 26.8. The third kappa shape index (κ3) is 10.9. The molecular formula is C40H51N3O7. The SMILES string of the molecule is CCOCC.COC(=O)C1=C(C)NC(C)=C(C(=O)OC(C)(C)CN(C)CCC(c2ccccc2)c2ccccc2)C1c1cccc([N+](=O)[O-])c1. The van der Waals surface area contributed by atoms with Crippen molar-refractivity contribution in [2.75, 3.05) is 40.5 Å². The van der Waals surface area contributed by atoms with Gasteiger partial charge in [-0.2, -0.15) is 0 Å². The summed E-state index contributed by atoms with van der Waals surface area (Å²) >= 11 is 0. The van der Waals surface area contributed by atoms with Gasteiger partial charge in [-0.15, -0.1) is 0 Å². The predicted molar refractivity (Wildman–Crippen MR) is 196 cm³/mol. The monoisotopic (exact) mass is 685 g/mol. The third-order valence-corrected chi connectivity index (χ3v) is 8.43. The van der Waals surface area contributed by atoms with E-state index in [1.54, 1.807) is 19.9 Å². The largest absolute Gasteiger partial charge is 0.466 e. The number of likely N-dealkylation sites (N-methyl/N-ethyl adjacent to an activating group) is 1. The van der Waals surface area contributed by atoms with Gasteiger partial charge in [-0.1, -0.05) is 72.8 Å². The summed E-state index contributed by atoms with van der Waals surface area (Å²) in [5.41, 5.74) is 3.24. The molecule has 1 heterocycles. The van der Waals surface area contributed by atoms with Crippen LogP contribution in [0.3, 0.4) is 0 Å². The Labute approximate surface area is 296 Å². The number of methoxy groups -OCH3 is 1. The number of nitro benzene ring substituents is 1. The average Bonchev–Trinajstić information content (AvgIpc) is 3.08. The number of nitro groups is 1. The van der Waals surface area contributed by atoms with Gasteiger partial charge < -0.3 is 24.4 Å². The molecule has 4 rings (SSSR count). The number of benzene rings is 3. The summed E-state index contributed by atoms with van der Waals surface area (Å²) in [6.07, 6.45) is 0.865. The molecule has 3 aromatic rings. The van der Waals surface area contributed by atoms with Crippen LogP contribution in [-0.4, -0.2) is 67.8 Å². The van der Waals surface area contributed by atoms with Crippen LogP contribution in [0.25, 0.3) is 0 Å². The molecule has 0 aliphatic carbocycles. The summed E-state index contributed by atoms with van der Waals surface area (Å²) in [5, 5.41) is 14.7. The van der Waals surface area contributed by atoms with Crippen molar-refractivity contribution in [3.8, 4) is 0 Å². The Bertz CT molecular complexity index is 1610. The van der Waals surface area contributed by atoms with Crippen LogP contribution in [0.15, 0.2) is 107 Å². The summed E-state index contributed by atoms with van der Waals surface area (Å²) in [4.78, 5) is 40.2. The Balaban J connectivity index is 0.00000126. The van der Waals surface area contributed by atoms with E-state index in [2.05, 4.69) is 58.7 Å². The zero-order chi connectivity index (χ0) is 36.8. The van der Waals surface area contributed by atoms with E-state index < -0.39 is 28.4 Å². The van der Waals surface area contributed by atoms with Gasteiger partial charge in [0.1, 0.15) is 5.60 Å². The second kappa shape index (κ2) is 18.8. The van der Waals surface area contributed by atoms with E-state index in [0.29, 0.717) is 23.5 Å². The van der Waals surface area contributed by atoms with Crippen molar-refractivity contribution in [2.24, 2.45) is 0 Å². The molecule has 1 aliphatic rings. The summed E-state index contributed by atoms with van der Waals surface area (Å²) in [6.45, 7) is 14.0. The first-order valence-corrected chi connectivity index (χ1v) is 16.9. The minimum atomic E-state index is -0.919. The van der Waals surface area contributed by atoms with Crippen LogP contribution in [0.1, 0.15) is 76.5 Å². The Morgan fingerprint density at radius 3 is 1.90 bits per heavy atom. The van der Waals surface area contributed by atoms with Crippen molar-refractivity contribution >= 4 is 17.6 Å². The normalized spacial score (nSPS) is 14.6. The standard InChI is InChI=1S/C36H41N3O6.C4H10O/c1-24-31(34(40)44-6)33(28-18-13-19-29(22-28)39(42)43)32(25(2)37-24)35(41)45-36(3,4)23-38(5)21-20-30(26-14-9-7-10-15-26)27-16-11-8-12-17-27;1-3-5-4-2/h7-19,22,30,33,37H,20-21,23H2,1-6H3;3-4H2,1-2H3. The van der Waals surface area contributed by atoms with Crippen LogP contribution in [0.5, 0.6) is 0 Å². The molecule has 1 N–H and O–H groups in total. The number of ether oxygens (including phenoxy) is 3. The highest BCUT2D eigenvalue weighted by Gasteiger charge is 2.40. The lowest BCUT2D eigenvalue weighted by Gasteiger charge is -2.34. The van der Waals surface area contributed by atoms with Crippen LogP contribution in [0, 0.1) is 10.1 Å². The molecule has 0 spiro atoms. The molecule has 10 nitrogen and oxygen atoms in total. The quantitative estimate of drug-likeness (QED) is 0.104. The maximum atomic E-state index is 14.0. The minimum Gasteiger partial charge on any atom is -0.466 e. The number of rotatable bonds is 14. The first-order valence-electron chi connectivity index (χ1n) is 16.9. The number of allylic oxidation sites excluding steroid dienone is 2. The Kier molecular flexibility index (Phi) is 14.9. The van der Waals surface area contributed by atoms with Crippen LogP contribution >= 0.6 is 0 Å². The van der Waals surface area contributed by atoms with E-state index >= 15 is 0 Å². The number of dihydropyridines is 1. The topological polar surface area (TPSA) is 120 Å². The van der Waals surface area contributed by atoms with Gasteiger partial charge in [-0.3, -0.25) is 10.1 Å². The first-order chi connectivity index (χ1) is 23.8. The van der Waals surface area contributed by atoms with Gasteiger partial charge in [0.2, 0.25) is 0 Å². The number of esters is 2. The Morgan fingerprint density at radius 1 is 0.880 bits per heavy atom. The fourth-order valence-electron chi connectivity index (χ4n) is 6.31. The maximum Gasteiger partial charge on any atom is 0.337 e. The zero-order valence-electron chi connectivity index (χ0n) is 30.5. The van der Waals surface area contributed by atoms with Crippen LogP contribution in [0.2, 0.25) is 0 Å². The minimum absolute atomic E-state index is 0.149. The van der Waals surface area contributed by atoms with Gasteiger partial charge in [0.05, 0.1) is 29.1 Å². The fourth-order valence-corrected chi connectivity index (χ4v) is 6.31. The lowest BCUT2D eigenvalue weighted by Crippen LogP contribution is -2.42. The lowest BCUT2D eigenvalue weighted by atomic mass is 9.80. The van der Waals surface area contributed by atoms with Crippen molar-refractivity contribution < 1.29 is 28.7 Å². The van der Waals surface area contributed by atoms with Gasteiger partial charge in [0.15, 0.2) is 0 Å². The second-order valence-electron chi connectivity index (χ2n) is 12.8. The molecule has 10 heteroatoms. The summed E-state index contributed by atoms with van der Waals surface area (Å²) in [7, 11) is 3.26. The van der Waals surface area contributed by atoms with Gasteiger partial charge in [0, 0.05) is 49.2 Å².